The van der Waals surface area contributed by atoms with Gasteiger partial charge in [-0.25, -0.2) is 0 Å². The number of hydrogen-bond donors (Lipinski definition) is 0. The summed E-state index contributed by atoms with van der Waals surface area (Å²) in [5.41, 5.74) is 13.4. The molecule has 0 bridgehead atoms. The van der Waals surface area contributed by atoms with Gasteiger partial charge in [0, 0.05) is 46.5 Å². The van der Waals surface area contributed by atoms with Gasteiger partial charge in [-0.15, -0.1) is 0 Å². The molecule has 0 saturated heterocycles. The molecule has 11 rings (SSSR count). The van der Waals surface area contributed by atoms with Crippen LogP contribution in [0.4, 0.5) is 11.4 Å². The van der Waals surface area contributed by atoms with Crippen molar-refractivity contribution < 1.29 is 14.2 Å². The van der Waals surface area contributed by atoms with Gasteiger partial charge >= 0.3 is 0 Å². The lowest BCUT2D eigenvalue weighted by atomic mass is 9.34. The highest BCUT2D eigenvalue weighted by molar-refractivity contribution is 6.98. The molecule has 0 unspecified atom stereocenters. The number of benzene rings is 5. The van der Waals surface area contributed by atoms with Gasteiger partial charge in [0.25, 0.3) is 6.71 Å². The lowest BCUT2D eigenvalue weighted by molar-refractivity contribution is 0.363. The van der Waals surface area contributed by atoms with Gasteiger partial charge in [-0.3, -0.25) is 0 Å². The molecule has 0 radical (unpaired) electrons. The standard InChI is InChI=1S/C45H39BN2O3/c1-45(2,3)27-23-42-44-43(24-27)51-41-26-29(48-36-14-6-8-17-38(36)49-39-18-9-7-15-37(39)48)20-22-33(41)46(44)32-21-19-28(25-40(32)50-42)47-34-13-5-4-11-30(34)31-12-10-16-35(31)47/h4-6,8,11,13-14,17,19-26H,7,9-10,12,15-16,18H2,1-3H3. The average Bonchev–Trinajstić information content (AvgIpc) is 3.74. The predicted octanol–water partition coefficient (Wildman–Crippen LogP) is 9.46. The summed E-state index contributed by atoms with van der Waals surface area (Å²) in [7, 11) is 0. The maximum Gasteiger partial charge on any atom is 0.260 e. The van der Waals surface area contributed by atoms with E-state index in [0.717, 1.165) is 95.6 Å². The SMILES string of the molecule is CC(C)(C)c1cc2c3c(c1)Oc1cc(-n4c5c(c6ccccc64)CCC5)ccc1B3c1ccc(N3C4=C(CCCC4)Oc4ccccc43)cc1O2. The minimum Gasteiger partial charge on any atom is -0.458 e. The zero-order valence-electron chi connectivity index (χ0n) is 29.4. The molecule has 0 spiro atoms. The Morgan fingerprint density at radius 2 is 1.31 bits per heavy atom. The summed E-state index contributed by atoms with van der Waals surface area (Å²) in [4.78, 5) is 2.41. The maximum absolute atomic E-state index is 6.95. The quantitative estimate of drug-likeness (QED) is 0.172. The first-order valence-corrected chi connectivity index (χ1v) is 18.6. The van der Waals surface area contributed by atoms with Crippen LogP contribution in [-0.2, 0) is 18.3 Å². The summed E-state index contributed by atoms with van der Waals surface area (Å²) in [6.45, 7) is 6.76. The molecule has 51 heavy (non-hydrogen) atoms. The van der Waals surface area contributed by atoms with Crippen LogP contribution in [0.3, 0.4) is 0 Å². The number of nitrogens with zero attached hydrogens (tertiary/aromatic N) is 2. The van der Waals surface area contributed by atoms with E-state index in [0.29, 0.717) is 0 Å². The number of rotatable bonds is 2. The van der Waals surface area contributed by atoms with Crippen LogP contribution in [0.15, 0.2) is 109 Å². The maximum atomic E-state index is 6.95. The van der Waals surface area contributed by atoms with Gasteiger partial charge in [0.1, 0.15) is 28.8 Å². The van der Waals surface area contributed by atoms with Crippen molar-refractivity contribution in [1.29, 1.82) is 0 Å². The van der Waals surface area contributed by atoms with Gasteiger partial charge in [-0.2, -0.15) is 0 Å². The molecule has 4 heterocycles. The van der Waals surface area contributed by atoms with Crippen LogP contribution < -0.4 is 35.5 Å². The van der Waals surface area contributed by atoms with Crippen molar-refractivity contribution in [3.8, 4) is 34.4 Å². The highest BCUT2D eigenvalue weighted by Crippen LogP contribution is 2.48. The summed E-state index contributed by atoms with van der Waals surface area (Å²) >= 11 is 0. The third kappa shape index (κ3) is 4.29. The average molecular weight is 667 g/mol. The molecular formula is C45H39BN2O3. The molecule has 0 fully saturated rings. The van der Waals surface area contributed by atoms with Crippen LogP contribution in [0.5, 0.6) is 28.7 Å². The van der Waals surface area contributed by atoms with E-state index in [1.165, 1.54) is 50.8 Å². The van der Waals surface area contributed by atoms with Crippen LogP contribution in [0.1, 0.15) is 69.7 Å². The van der Waals surface area contributed by atoms with Crippen LogP contribution in [0.2, 0.25) is 0 Å². The van der Waals surface area contributed by atoms with E-state index in [1.54, 1.807) is 0 Å². The molecule has 0 saturated carbocycles. The molecule has 0 atom stereocenters. The molecule has 1 aromatic heterocycles. The molecule has 5 nitrogen and oxygen atoms in total. The van der Waals surface area contributed by atoms with Crippen molar-refractivity contribution in [2.45, 2.75) is 71.1 Å². The lowest BCUT2D eigenvalue weighted by Gasteiger charge is -2.38. The van der Waals surface area contributed by atoms with Gasteiger partial charge in [-0.05, 0) is 108 Å². The fourth-order valence-electron chi connectivity index (χ4n) is 9.32. The second-order valence-electron chi connectivity index (χ2n) is 15.8. The first-order valence-electron chi connectivity index (χ1n) is 18.6. The van der Waals surface area contributed by atoms with E-state index in [4.69, 9.17) is 14.2 Å². The summed E-state index contributed by atoms with van der Waals surface area (Å²) in [5.74, 6) is 5.60. The van der Waals surface area contributed by atoms with E-state index < -0.39 is 0 Å². The Hall–Kier alpha value is -5.36. The number of fused-ring (bicyclic) bond motifs is 8. The van der Waals surface area contributed by atoms with Crippen LogP contribution in [0.25, 0.3) is 16.6 Å². The Labute approximate surface area is 299 Å². The number of ether oxygens (including phenoxy) is 3. The predicted molar refractivity (Wildman–Crippen MR) is 206 cm³/mol. The molecular weight excluding hydrogens is 627 g/mol. The molecule has 2 aliphatic carbocycles. The van der Waals surface area contributed by atoms with E-state index in [1.807, 2.05) is 0 Å². The van der Waals surface area contributed by atoms with E-state index >= 15 is 0 Å². The number of aryl methyl sites for hydroxylation is 1. The minimum absolute atomic E-state index is 0.00632. The van der Waals surface area contributed by atoms with Crippen molar-refractivity contribution in [2.75, 3.05) is 4.90 Å². The van der Waals surface area contributed by atoms with Gasteiger partial charge in [-0.1, -0.05) is 63.2 Å². The highest BCUT2D eigenvalue weighted by atomic mass is 16.5. The molecule has 250 valence electrons. The van der Waals surface area contributed by atoms with Crippen molar-refractivity contribution in [2.24, 2.45) is 0 Å². The molecule has 6 aromatic rings. The smallest absolute Gasteiger partial charge is 0.260 e. The Morgan fingerprint density at radius 1 is 0.608 bits per heavy atom. The normalized spacial score (nSPS) is 16.7. The van der Waals surface area contributed by atoms with Gasteiger partial charge in [0.2, 0.25) is 0 Å². The third-order valence-corrected chi connectivity index (χ3v) is 11.8. The number of aromatic nitrogens is 1. The first kappa shape index (κ1) is 29.4. The van der Waals surface area contributed by atoms with E-state index in [2.05, 4.69) is 127 Å². The second kappa shape index (κ2) is 10.6. The van der Waals surface area contributed by atoms with Crippen molar-refractivity contribution in [3.63, 3.8) is 0 Å². The Morgan fingerprint density at radius 3 is 2.12 bits per heavy atom. The number of allylic oxidation sites excluding steroid dienone is 2. The Kier molecular flexibility index (Phi) is 6.10. The number of para-hydroxylation sites is 3. The molecule has 5 aromatic carbocycles. The van der Waals surface area contributed by atoms with Crippen LogP contribution in [0, 0.1) is 0 Å². The van der Waals surface area contributed by atoms with Crippen molar-refractivity contribution in [3.05, 3.63) is 125 Å². The topological polar surface area (TPSA) is 35.9 Å². The molecule has 3 aliphatic heterocycles. The fourth-order valence-corrected chi connectivity index (χ4v) is 9.32. The van der Waals surface area contributed by atoms with Gasteiger partial charge < -0.3 is 23.7 Å². The molecule has 0 amide bonds. The van der Waals surface area contributed by atoms with Crippen LogP contribution >= 0.6 is 0 Å². The monoisotopic (exact) mass is 666 g/mol. The minimum atomic E-state index is -0.0794. The zero-order valence-corrected chi connectivity index (χ0v) is 29.4. The molecule has 5 aliphatic rings. The Balaban J connectivity index is 1.09. The third-order valence-electron chi connectivity index (χ3n) is 11.8. The van der Waals surface area contributed by atoms with E-state index in [9.17, 15) is 0 Å². The summed E-state index contributed by atoms with van der Waals surface area (Å²) < 4.78 is 22.8. The van der Waals surface area contributed by atoms with Gasteiger partial charge in [0.05, 0.1) is 16.9 Å². The van der Waals surface area contributed by atoms with Crippen molar-refractivity contribution >= 4 is 45.4 Å². The number of hydrogen-bond acceptors (Lipinski definition) is 4. The zero-order chi connectivity index (χ0) is 34.0. The highest BCUT2D eigenvalue weighted by Gasteiger charge is 2.42. The van der Waals surface area contributed by atoms with Crippen LogP contribution in [-0.4, -0.2) is 11.3 Å². The number of anilines is 2. The summed E-state index contributed by atoms with van der Waals surface area (Å²) in [6, 6.07) is 35.4. The van der Waals surface area contributed by atoms with Crippen molar-refractivity contribution in [1.82, 2.24) is 4.57 Å². The molecule has 6 heteroatoms. The molecule has 0 N–H and O–H groups in total. The summed E-state index contributed by atoms with van der Waals surface area (Å²) in [5, 5.41) is 1.38. The Bertz CT molecular complexity index is 2500. The summed E-state index contributed by atoms with van der Waals surface area (Å²) in [6.07, 6.45) is 7.74. The lowest BCUT2D eigenvalue weighted by Crippen LogP contribution is -2.57. The fraction of sp³-hybridized carbons (Fsp3) is 0.244. The largest absolute Gasteiger partial charge is 0.458 e. The van der Waals surface area contributed by atoms with Gasteiger partial charge in [0.15, 0.2) is 5.75 Å². The first-order chi connectivity index (χ1) is 24.9. The van der Waals surface area contributed by atoms with E-state index in [-0.39, 0.29) is 12.1 Å². The second-order valence-corrected chi connectivity index (χ2v) is 15.8.